The minimum absolute atomic E-state index is 0.00896. The van der Waals surface area contributed by atoms with E-state index in [9.17, 15) is 9.59 Å². The average molecular weight is 263 g/mol. The zero-order valence-corrected chi connectivity index (χ0v) is 11.5. The van der Waals surface area contributed by atoms with E-state index in [4.69, 9.17) is 5.73 Å². The van der Waals surface area contributed by atoms with Crippen molar-refractivity contribution in [2.75, 3.05) is 27.2 Å². The van der Waals surface area contributed by atoms with Gasteiger partial charge >= 0.3 is 0 Å². The summed E-state index contributed by atoms with van der Waals surface area (Å²) in [5.41, 5.74) is 6.89. The molecule has 3 N–H and O–H groups in total. The maximum absolute atomic E-state index is 11.7. The molecule has 0 aromatic heterocycles. The van der Waals surface area contributed by atoms with Crippen molar-refractivity contribution in [1.29, 1.82) is 0 Å². The van der Waals surface area contributed by atoms with Crippen molar-refractivity contribution >= 4 is 11.8 Å². The zero-order chi connectivity index (χ0) is 14.3. The van der Waals surface area contributed by atoms with Gasteiger partial charge in [0.05, 0.1) is 6.54 Å². The van der Waals surface area contributed by atoms with Gasteiger partial charge in [-0.15, -0.1) is 0 Å². The summed E-state index contributed by atoms with van der Waals surface area (Å²) in [6.07, 6.45) is 1.83. The van der Waals surface area contributed by atoms with Crippen molar-refractivity contribution in [2.45, 2.75) is 12.8 Å². The maximum Gasteiger partial charge on any atom is 0.253 e. The van der Waals surface area contributed by atoms with Crippen molar-refractivity contribution < 1.29 is 9.59 Å². The summed E-state index contributed by atoms with van der Waals surface area (Å²) in [4.78, 5) is 23.8. The van der Waals surface area contributed by atoms with Gasteiger partial charge in [-0.25, -0.2) is 0 Å². The molecule has 1 rings (SSSR count). The number of benzene rings is 1. The van der Waals surface area contributed by atoms with Gasteiger partial charge in [-0.2, -0.15) is 0 Å². The summed E-state index contributed by atoms with van der Waals surface area (Å²) in [6.45, 7) is 0.970. The predicted octanol–water partition coefficient (Wildman–Crippen LogP) is 0.396. The summed E-state index contributed by atoms with van der Waals surface area (Å²) >= 11 is 0. The number of nitrogens with zero attached hydrogens (tertiary/aromatic N) is 1. The fraction of sp³-hybridized carbons (Fsp3) is 0.429. The van der Waals surface area contributed by atoms with Crippen LogP contribution in [0.15, 0.2) is 24.3 Å². The molecule has 0 aliphatic carbocycles. The molecule has 0 saturated heterocycles. The highest BCUT2D eigenvalue weighted by Gasteiger charge is 2.06. The van der Waals surface area contributed by atoms with Crippen LogP contribution in [-0.4, -0.2) is 43.9 Å². The van der Waals surface area contributed by atoms with Gasteiger partial charge in [0.1, 0.15) is 0 Å². The first kappa shape index (κ1) is 15.2. The highest BCUT2D eigenvalue weighted by atomic mass is 16.2. The van der Waals surface area contributed by atoms with Crippen molar-refractivity contribution in [3.63, 3.8) is 0 Å². The molecule has 5 nitrogen and oxygen atoms in total. The third kappa shape index (κ3) is 5.52. The van der Waals surface area contributed by atoms with Gasteiger partial charge in [0, 0.05) is 19.7 Å². The van der Waals surface area contributed by atoms with E-state index in [0.29, 0.717) is 5.56 Å². The maximum atomic E-state index is 11.7. The number of hydrogen-bond acceptors (Lipinski definition) is 3. The normalized spacial score (nSPS) is 10.2. The molecule has 0 radical (unpaired) electrons. The van der Waals surface area contributed by atoms with Crippen LogP contribution in [0.1, 0.15) is 22.3 Å². The van der Waals surface area contributed by atoms with Crippen LogP contribution >= 0.6 is 0 Å². The molecule has 0 fully saturated rings. The molecule has 0 aliphatic heterocycles. The highest BCUT2D eigenvalue weighted by Crippen LogP contribution is 2.08. The third-order valence-corrected chi connectivity index (χ3v) is 2.73. The Balaban J connectivity index is 2.36. The lowest BCUT2D eigenvalue weighted by atomic mass is 10.1. The number of carbonyl (C=O) groups is 2. The average Bonchev–Trinajstić information content (AvgIpc) is 2.37. The molecule has 5 heteroatoms. The fourth-order valence-electron chi connectivity index (χ4n) is 1.70. The van der Waals surface area contributed by atoms with Crippen LogP contribution in [0.5, 0.6) is 0 Å². The Hall–Kier alpha value is -1.88. The SMILES string of the molecule is CN(C)C(=O)c1ccc(CCCNCC(N)=O)cc1. The standard InChI is InChI=1S/C14H21N3O2/c1-17(2)14(19)12-7-5-11(6-8-12)4-3-9-16-10-13(15)18/h5-8,16H,3-4,9-10H2,1-2H3,(H2,15,18). The molecule has 0 spiro atoms. The van der Waals surface area contributed by atoms with E-state index in [1.165, 1.54) is 5.56 Å². The Kier molecular flexibility index (Phi) is 6.02. The van der Waals surface area contributed by atoms with E-state index in [2.05, 4.69) is 5.32 Å². The van der Waals surface area contributed by atoms with Gasteiger partial charge in [-0.3, -0.25) is 9.59 Å². The molecule has 19 heavy (non-hydrogen) atoms. The van der Waals surface area contributed by atoms with Gasteiger partial charge in [-0.05, 0) is 37.1 Å². The smallest absolute Gasteiger partial charge is 0.253 e. The minimum atomic E-state index is -0.341. The third-order valence-electron chi connectivity index (χ3n) is 2.73. The molecule has 0 atom stereocenters. The van der Waals surface area contributed by atoms with Crippen LogP contribution in [0, 0.1) is 0 Å². The zero-order valence-electron chi connectivity index (χ0n) is 11.5. The summed E-state index contributed by atoms with van der Waals surface area (Å²) in [6, 6.07) is 7.61. The number of aryl methyl sites for hydroxylation is 1. The van der Waals surface area contributed by atoms with Crippen molar-refractivity contribution in [1.82, 2.24) is 10.2 Å². The monoisotopic (exact) mass is 263 g/mol. The lowest BCUT2D eigenvalue weighted by Gasteiger charge is -2.10. The first-order valence-corrected chi connectivity index (χ1v) is 6.30. The number of nitrogens with one attached hydrogen (secondary N) is 1. The number of rotatable bonds is 7. The molecule has 1 aromatic carbocycles. The molecule has 0 heterocycles. The lowest BCUT2D eigenvalue weighted by Crippen LogP contribution is -2.29. The molecule has 0 unspecified atom stereocenters. The van der Waals surface area contributed by atoms with E-state index in [-0.39, 0.29) is 18.4 Å². The first-order chi connectivity index (χ1) is 9.00. The predicted molar refractivity (Wildman–Crippen MR) is 74.8 cm³/mol. The number of hydrogen-bond donors (Lipinski definition) is 2. The van der Waals surface area contributed by atoms with Gasteiger partial charge in [0.25, 0.3) is 5.91 Å². The van der Waals surface area contributed by atoms with E-state index in [0.717, 1.165) is 19.4 Å². The molecule has 0 bridgehead atoms. The topological polar surface area (TPSA) is 75.4 Å². The molecule has 104 valence electrons. The fourth-order valence-corrected chi connectivity index (χ4v) is 1.70. The Labute approximate surface area is 113 Å². The van der Waals surface area contributed by atoms with Gasteiger partial charge in [0.2, 0.25) is 5.91 Å². The van der Waals surface area contributed by atoms with Crippen LogP contribution in [0.2, 0.25) is 0 Å². The van der Waals surface area contributed by atoms with Crippen LogP contribution in [-0.2, 0) is 11.2 Å². The second kappa shape index (κ2) is 7.53. The number of amides is 2. The Bertz CT molecular complexity index is 427. The van der Waals surface area contributed by atoms with Crippen molar-refractivity contribution in [3.05, 3.63) is 35.4 Å². The second-order valence-electron chi connectivity index (χ2n) is 4.64. The molecule has 0 saturated carbocycles. The first-order valence-electron chi connectivity index (χ1n) is 6.30. The lowest BCUT2D eigenvalue weighted by molar-refractivity contribution is -0.117. The van der Waals surface area contributed by atoms with Gasteiger partial charge < -0.3 is 16.0 Å². The van der Waals surface area contributed by atoms with Gasteiger partial charge in [0.15, 0.2) is 0 Å². The van der Waals surface area contributed by atoms with E-state index in [1.54, 1.807) is 19.0 Å². The quantitative estimate of drug-likeness (QED) is 0.699. The summed E-state index contributed by atoms with van der Waals surface area (Å²) in [5.74, 6) is -0.332. The van der Waals surface area contributed by atoms with Crippen LogP contribution in [0.3, 0.4) is 0 Å². The number of carbonyl (C=O) groups excluding carboxylic acids is 2. The largest absolute Gasteiger partial charge is 0.369 e. The Morgan fingerprint density at radius 1 is 1.21 bits per heavy atom. The molecular weight excluding hydrogens is 242 g/mol. The number of nitrogens with two attached hydrogens (primary N) is 1. The highest BCUT2D eigenvalue weighted by molar-refractivity contribution is 5.93. The summed E-state index contributed by atoms with van der Waals surface area (Å²) in [7, 11) is 3.47. The molecular formula is C14H21N3O2. The van der Waals surface area contributed by atoms with Crippen LogP contribution in [0.4, 0.5) is 0 Å². The Morgan fingerprint density at radius 2 is 1.84 bits per heavy atom. The van der Waals surface area contributed by atoms with Crippen LogP contribution < -0.4 is 11.1 Å². The van der Waals surface area contributed by atoms with Crippen molar-refractivity contribution in [3.8, 4) is 0 Å². The van der Waals surface area contributed by atoms with E-state index >= 15 is 0 Å². The van der Waals surface area contributed by atoms with Crippen LogP contribution in [0.25, 0.3) is 0 Å². The van der Waals surface area contributed by atoms with Gasteiger partial charge in [-0.1, -0.05) is 12.1 Å². The van der Waals surface area contributed by atoms with Crippen molar-refractivity contribution in [2.24, 2.45) is 5.73 Å². The molecule has 2 amide bonds. The summed E-state index contributed by atoms with van der Waals surface area (Å²) in [5, 5.41) is 2.96. The summed E-state index contributed by atoms with van der Waals surface area (Å²) < 4.78 is 0. The second-order valence-corrected chi connectivity index (χ2v) is 4.64. The molecule has 0 aliphatic rings. The minimum Gasteiger partial charge on any atom is -0.369 e. The Morgan fingerprint density at radius 3 is 2.37 bits per heavy atom. The number of primary amides is 1. The van der Waals surface area contributed by atoms with E-state index in [1.807, 2.05) is 24.3 Å². The van der Waals surface area contributed by atoms with E-state index < -0.39 is 0 Å². The molecule has 1 aromatic rings.